The van der Waals surface area contributed by atoms with Gasteiger partial charge in [0.25, 0.3) is 0 Å². The maximum atomic E-state index is 12.8. The van der Waals surface area contributed by atoms with E-state index in [1.54, 1.807) is 18.2 Å². The fraction of sp³-hybridized carbons (Fsp3) is 0.188. The van der Waals surface area contributed by atoms with E-state index >= 15 is 0 Å². The quantitative estimate of drug-likeness (QED) is 0.595. The van der Waals surface area contributed by atoms with Crippen LogP contribution in [0.5, 0.6) is 0 Å². The third kappa shape index (κ3) is 3.42. The first-order valence-corrected chi connectivity index (χ1v) is 6.27. The lowest BCUT2D eigenvalue weighted by atomic mass is 9.95. The number of aryl methyl sites for hydroxylation is 1. The zero-order valence-electron chi connectivity index (χ0n) is 11.6. The minimum absolute atomic E-state index is 0.492. The second-order valence-electron chi connectivity index (χ2n) is 4.53. The molecule has 2 aromatic carbocycles. The van der Waals surface area contributed by atoms with Crippen molar-refractivity contribution in [2.75, 3.05) is 7.11 Å². The first-order valence-electron chi connectivity index (χ1n) is 6.27. The fourth-order valence-electron chi connectivity index (χ4n) is 2.07. The van der Waals surface area contributed by atoms with Gasteiger partial charge >= 0.3 is 6.18 Å². The molecule has 2 rings (SSSR count). The molecule has 5 heteroatoms. The number of halogens is 3. The van der Waals surface area contributed by atoms with Gasteiger partial charge in [0, 0.05) is 5.56 Å². The monoisotopic (exact) mass is 293 g/mol. The van der Waals surface area contributed by atoms with E-state index in [9.17, 15) is 13.2 Å². The number of alkyl halides is 3. The van der Waals surface area contributed by atoms with E-state index in [4.69, 9.17) is 0 Å². The van der Waals surface area contributed by atoms with E-state index in [1.807, 2.05) is 13.0 Å². The van der Waals surface area contributed by atoms with Crippen LogP contribution in [0.3, 0.4) is 0 Å². The highest BCUT2D eigenvalue weighted by atomic mass is 19.4. The number of rotatable bonds is 3. The first kappa shape index (κ1) is 15.1. The standard InChI is InChI=1S/C16H14F3NO/c1-11-5-3-8-14(15(11)10-20-21-2)12-6-4-7-13(9-12)16(17,18)19/h3-10H,1-2H3/b20-10+. The highest BCUT2D eigenvalue weighted by molar-refractivity contribution is 5.91. The Balaban J connectivity index is 2.57. The average molecular weight is 293 g/mol. The van der Waals surface area contributed by atoms with E-state index in [0.29, 0.717) is 11.1 Å². The molecule has 0 amide bonds. The van der Waals surface area contributed by atoms with Gasteiger partial charge in [-0.05, 0) is 35.7 Å². The van der Waals surface area contributed by atoms with Crippen LogP contribution in [0, 0.1) is 6.92 Å². The number of benzene rings is 2. The molecule has 2 nitrogen and oxygen atoms in total. The molecule has 0 N–H and O–H groups in total. The Labute approximate surface area is 120 Å². The summed E-state index contributed by atoms with van der Waals surface area (Å²) in [6, 6.07) is 10.7. The van der Waals surface area contributed by atoms with Gasteiger partial charge in [0.15, 0.2) is 0 Å². The summed E-state index contributed by atoms with van der Waals surface area (Å²) in [7, 11) is 1.42. The normalized spacial score (nSPS) is 11.9. The predicted octanol–water partition coefficient (Wildman–Crippen LogP) is 4.66. The Hall–Kier alpha value is -2.30. The summed E-state index contributed by atoms with van der Waals surface area (Å²) in [5.41, 5.74) is 2.15. The Kier molecular flexibility index (Phi) is 4.31. The van der Waals surface area contributed by atoms with Crippen molar-refractivity contribution in [3.63, 3.8) is 0 Å². The van der Waals surface area contributed by atoms with Crippen molar-refractivity contribution in [1.29, 1.82) is 0 Å². The van der Waals surface area contributed by atoms with Crippen molar-refractivity contribution in [3.05, 3.63) is 59.2 Å². The summed E-state index contributed by atoms with van der Waals surface area (Å²) in [6.07, 6.45) is -2.86. The van der Waals surface area contributed by atoms with Crippen LogP contribution in [-0.2, 0) is 11.0 Å². The van der Waals surface area contributed by atoms with Crippen molar-refractivity contribution in [1.82, 2.24) is 0 Å². The Bertz CT molecular complexity index is 663. The molecule has 0 fully saturated rings. The molecule has 110 valence electrons. The van der Waals surface area contributed by atoms with Gasteiger partial charge in [0.1, 0.15) is 7.11 Å². The molecule has 0 heterocycles. The fourth-order valence-corrected chi connectivity index (χ4v) is 2.07. The van der Waals surface area contributed by atoms with Crippen LogP contribution in [0.15, 0.2) is 47.6 Å². The number of hydrogen-bond donors (Lipinski definition) is 0. The number of hydrogen-bond acceptors (Lipinski definition) is 2. The molecule has 0 atom stereocenters. The second-order valence-corrected chi connectivity index (χ2v) is 4.53. The van der Waals surface area contributed by atoms with Crippen LogP contribution in [-0.4, -0.2) is 13.3 Å². The molecule has 0 aliphatic carbocycles. The van der Waals surface area contributed by atoms with Gasteiger partial charge in [0.2, 0.25) is 0 Å². The molecule has 0 radical (unpaired) electrons. The minimum atomic E-state index is -4.36. The van der Waals surface area contributed by atoms with Gasteiger partial charge in [-0.1, -0.05) is 35.5 Å². The van der Waals surface area contributed by atoms with Crippen molar-refractivity contribution in [2.45, 2.75) is 13.1 Å². The van der Waals surface area contributed by atoms with Gasteiger partial charge in [-0.2, -0.15) is 13.2 Å². The predicted molar refractivity (Wildman–Crippen MR) is 76.2 cm³/mol. The molecule has 0 aliphatic heterocycles. The van der Waals surface area contributed by atoms with Crippen LogP contribution >= 0.6 is 0 Å². The molecule has 0 saturated heterocycles. The molecular weight excluding hydrogens is 279 g/mol. The van der Waals surface area contributed by atoms with E-state index < -0.39 is 11.7 Å². The molecule has 0 saturated carbocycles. The van der Waals surface area contributed by atoms with Gasteiger partial charge in [-0.15, -0.1) is 0 Å². The van der Waals surface area contributed by atoms with Gasteiger partial charge in [-0.3, -0.25) is 0 Å². The van der Waals surface area contributed by atoms with Crippen molar-refractivity contribution < 1.29 is 18.0 Å². The zero-order valence-corrected chi connectivity index (χ0v) is 11.6. The Morgan fingerprint density at radius 3 is 2.48 bits per heavy atom. The van der Waals surface area contributed by atoms with Crippen LogP contribution in [0.25, 0.3) is 11.1 Å². The summed E-state index contributed by atoms with van der Waals surface area (Å²) in [4.78, 5) is 4.66. The van der Waals surface area contributed by atoms with Crippen LogP contribution in [0.4, 0.5) is 13.2 Å². The van der Waals surface area contributed by atoms with Crippen LogP contribution in [0.2, 0.25) is 0 Å². The van der Waals surface area contributed by atoms with Gasteiger partial charge < -0.3 is 4.84 Å². The van der Waals surface area contributed by atoms with Gasteiger partial charge in [0.05, 0.1) is 11.8 Å². The molecule has 0 spiro atoms. The highest BCUT2D eigenvalue weighted by Crippen LogP contribution is 2.33. The number of oxime groups is 1. The molecular formula is C16H14F3NO. The number of nitrogens with zero attached hydrogens (tertiary/aromatic N) is 1. The first-order chi connectivity index (χ1) is 9.93. The molecule has 0 aliphatic rings. The maximum Gasteiger partial charge on any atom is 0.416 e. The summed E-state index contributed by atoms with van der Waals surface area (Å²) in [5.74, 6) is 0. The second kappa shape index (κ2) is 5.99. The molecule has 0 bridgehead atoms. The zero-order chi connectivity index (χ0) is 15.5. The molecule has 2 aromatic rings. The topological polar surface area (TPSA) is 21.6 Å². The SMILES string of the molecule is CO/N=C/c1c(C)cccc1-c1cccc(C(F)(F)F)c1. The van der Waals surface area contributed by atoms with Crippen molar-refractivity contribution in [2.24, 2.45) is 5.16 Å². The average Bonchev–Trinajstić information content (AvgIpc) is 2.45. The maximum absolute atomic E-state index is 12.8. The van der Waals surface area contributed by atoms with E-state index in [-0.39, 0.29) is 0 Å². The minimum Gasteiger partial charge on any atom is -0.399 e. The molecule has 0 aromatic heterocycles. The lowest BCUT2D eigenvalue weighted by molar-refractivity contribution is -0.137. The van der Waals surface area contributed by atoms with Crippen LogP contribution < -0.4 is 0 Å². The molecule has 21 heavy (non-hydrogen) atoms. The van der Waals surface area contributed by atoms with E-state index in [0.717, 1.165) is 23.3 Å². The summed E-state index contributed by atoms with van der Waals surface area (Å²) < 4.78 is 38.5. The Morgan fingerprint density at radius 2 is 1.81 bits per heavy atom. The summed E-state index contributed by atoms with van der Waals surface area (Å²) in [5, 5.41) is 3.71. The lowest BCUT2D eigenvalue weighted by Gasteiger charge is -2.12. The largest absolute Gasteiger partial charge is 0.416 e. The molecule has 0 unspecified atom stereocenters. The lowest BCUT2D eigenvalue weighted by Crippen LogP contribution is -2.04. The smallest absolute Gasteiger partial charge is 0.399 e. The van der Waals surface area contributed by atoms with Gasteiger partial charge in [-0.25, -0.2) is 0 Å². The van der Waals surface area contributed by atoms with Crippen molar-refractivity contribution >= 4 is 6.21 Å². The Morgan fingerprint density at radius 1 is 1.10 bits per heavy atom. The summed E-state index contributed by atoms with van der Waals surface area (Å²) >= 11 is 0. The van der Waals surface area contributed by atoms with Crippen LogP contribution in [0.1, 0.15) is 16.7 Å². The third-order valence-corrected chi connectivity index (χ3v) is 3.11. The highest BCUT2D eigenvalue weighted by Gasteiger charge is 2.30. The van der Waals surface area contributed by atoms with E-state index in [2.05, 4.69) is 9.99 Å². The van der Waals surface area contributed by atoms with E-state index in [1.165, 1.54) is 19.4 Å². The summed E-state index contributed by atoms with van der Waals surface area (Å²) in [6.45, 7) is 1.87. The third-order valence-electron chi connectivity index (χ3n) is 3.11. The van der Waals surface area contributed by atoms with Crippen molar-refractivity contribution in [3.8, 4) is 11.1 Å².